The number of hydrogen-bond donors (Lipinski definition) is 1. The van der Waals surface area contributed by atoms with Crippen LogP contribution in [0, 0.1) is 0 Å². The van der Waals surface area contributed by atoms with Gasteiger partial charge >= 0.3 is 0 Å². The quantitative estimate of drug-likeness (QED) is 0.856. The topological polar surface area (TPSA) is 75.1 Å². The number of ether oxygens (including phenoxy) is 2. The Balaban J connectivity index is 2.19. The summed E-state index contributed by atoms with van der Waals surface area (Å²) in [5.74, 6) is 0.436. The van der Waals surface area contributed by atoms with Crippen LogP contribution >= 0.6 is 0 Å². The summed E-state index contributed by atoms with van der Waals surface area (Å²) < 4.78 is 10.3. The summed E-state index contributed by atoms with van der Waals surface area (Å²) in [6.45, 7) is 1.44. The Hall–Kier alpha value is -1.86. The molecule has 1 aliphatic rings. The molecule has 7 nitrogen and oxygen atoms in total. The van der Waals surface area contributed by atoms with Crippen molar-refractivity contribution in [1.29, 1.82) is 0 Å². The third-order valence-electron chi connectivity index (χ3n) is 3.92. The van der Waals surface area contributed by atoms with Crippen LogP contribution in [0.15, 0.2) is 12.1 Å². The second kappa shape index (κ2) is 7.14. The molecule has 7 heteroatoms. The van der Waals surface area contributed by atoms with Crippen LogP contribution in [0.3, 0.4) is 0 Å². The van der Waals surface area contributed by atoms with Crippen LogP contribution in [0.4, 0.5) is 0 Å². The zero-order valence-electron chi connectivity index (χ0n) is 14.2. The van der Waals surface area contributed by atoms with E-state index in [-0.39, 0.29) is 11.8 Å². The molecule has 1 aromatic heterocycles. The SMILES string of the molecule is COc1ccc(C(=O)N2CCC[C@](O)(CN(C)C)C2)c(OC)n1. The van der Waals surface area contributed by atoms with Gasteiger partial charge in [0.05, 0.1) is 26.4 Å². The number of piperidine rings is 1. The highest BCUT2D eigenvalue weighted by atomic mass is 16.5. The van der Waals surface area contributed by atoms with Gasteiger partial charge in [0.1, 0.15) is 5.56 Å². The van der Waals surface area contributed by atoms with Gasteiger partial charge in [0.2, 0.25) is 11.8 Å². The maximum atomic E-state index is 12.8. The molecule has 1 aliphatic heterocycles. The van der Waals surface area contributed by atoms with Crippen LogP contribution in [-0.4, -0.2) is 79.3 Å². The van der Waals surface area contributed by atoms with Gasteiger partial charge in [-0.3, -0.25) is 4.79 Å². The zero-order chi connectivity index (χ0) is 17.0. The molecule has 0 aliphatic carbocycles. The summed E-state index contributed by atoms with van der Waals surface area (Å²) in [4.78, 5) is 20.5. The number of hydrogen-bond acceptors (Lipinski definition) is 6. The summed E-state index contributed by atoms with van der Waals surface area (Å²) >= 11 is 0. The number of aromatic nitrogens is 1. The Morgan fingerprint density at radius 2 is 2.13 bits per heavy atom. The highest BCUT2D eigenvalue weighted by molar-refractivity contribution is 5.96. The van der Waals surface area contributed by atoms with Gasteiger partial charge < -0.3 is 24.4 Å². The normalized spacial score (nSPS) is 21.4. The summed E-state index contributed by atoms with van der Waals surface area (Å²) in [5, 5.41) is 10.7. The van der Waals surface area contributed by atoms with E-state index in [1.165, 1.54) is 14.2 Å². The van der Waals surface area contributed by atoms with Gasteiger partial charge in [-0.15, -0.1) is 0 Å². The molecule has 2 heterocycles. The fourth-order valence-electron chi connectivity index (χ4n) is 3.03. The van der Waals surface area contributed by atoms with Crippen molar-refractivity contribution in [3.8, 4) is 11.8 Å². The lowest BCUT2D eigenvalue weighted by atomic mass is 9.92. The van der Waals surface area contributed by atoms with Crippen molar-refractivity contribution < 1.29 is 19.4 Å². The number of pyridine rings is 1. The standard InChI is InChI=1S/C16H25N3O4/c1-18(2)10-16(21)8-5-9-19(11-16)15(20)12-6-7-13(22-3)17-14(12)23-4/h6-7,21H,5,8-11H2,1-4H3/t16-/m0/s1. The Morgan fingerprint density at radius 3 is 2.74 bits per heavy atom. The molecule has 1 amide bonds. The van der Waals surface area contributed by atoms with Crippen molar-refractivity contribution in [2.45, 2.75) is 18.4 Å². The minimum atomic E-state index is -0.884. The van der Waals surface area contributed by atoms with Gasteiger partial charge in [-0.2, -0.15) is 4.98 Å². The van der Waals surface area contributed by atoms with Crippen molar-refractivity contribution in [3.63, 3.8) is 0 Å². The molecule has 0 aromatic carbocycles. The number of methoxy groups -OCH3 is 2. The van der Waals surface area contributed by atoms with E-state index in [0.29, 0.717) is 37.5 Å². The summed E-state index contributed by atoms with van der Waals surface area (Å²) in [7, 11) is 6.80. The van der Waals surface area contributed by atoms with E-state index in [0.717, 1.165) is 6.42 Å². The highest BCUT2D eigenvalue weighted by Gasteiger charge is 2.36. The van der Waals surface area contributed by atoms with Crippen molar-refractivity contribution in [3.05, 3.63) is 17.7 Å². The van der Waals surface area contributed by atoms with Crippen LogP contribution in [-0.2, 0) is 0 Å². The number of aliphatic hydroxyl groups is 1. The number of β-amino-alcohol motifs (C(OH)–C–C–N with tert-alkyl or cyclic N) is 1. The molecule has 0 bridgehead atoms. The van der Waals surface area contributed by atoms with Crippen LogP contribution in [0.5, 0.6) is 11.8 Å². The number of carbonyl (C=O) groups is 1. The second-order valence-corrected chi connectivity index (χ2v) is 6.20. The first kappa shape index (κ1) is 17.5. The number of nitrogens with zero attached hydrogens (tertiary/aromatic N) is 3. The van der Waals surface area contributed by atoms with E-state index >= 15 is 0 Å². The van der Waals surface area contributed by atoms with E-state index in [2.05, 4.69) is 4.98 Å². The van der Waals surface area contributed by atoms with Gasteiger partial charge in [-0.05, 0) is 33.0 Å². The van der Waals surface area contributed by atoms with Crippen LogP contribution in [0.2, 0.25) is 0 Å². The van der Waals surface area contributed by atoms with E-state index in [1.807, 2.05) is 19.0 Å². The zero-order valence-corrected chi connectivity index (χ0v) is 14.2. The van der Waals surface area contributed by atoms with Gasteiger partial charge in [0, 0.05) is 19.2 Å². The average molecular weight is 323 g/mol. The van der Waals surface area contributed by atoms with E-state index < -0.39 is 5.60 Å². The van der Waals surface area contributed by atoms with Crippen LogP contribution in [0.25, 0.3) is 0 Å². The second-order valence-electron chi connectivity index (χ2n) is 6.20. The maximum absolute atomic E-state index is 12.8. The highest BCUT2D eigenvalue weighted by Crippen LogP contribution is 2.26. The number of amides is 1. The summed E-state index contributed by atoms with van der Waals surface area (Å²) in [6.07, 6.45) is 1.45. The molecule has 0 saturated carbocycles. The molecule has 0 unspecified atom stereocenters. The smallest absolute Gasteiger partial charge is 0.259 e. The third-order valence-corrected chi connectivity index (χ3v) is 3.92. The minimum absolute atomic E-state index is 0.186. The van der Waals surface area contributed by atoms with Crippen molar-refractivity contribution >= 4 is 5.91 Å². The molecular formula is C16H25N3O4. The van der Waals surface area contributed by atoms with Gasteiger partial charge in [-0.25, -0.2) is 0 Å². The first-order valence-corrected chi connectivity index (χ1v) is 7.64. The first-order chi connectivity index (χ1) is 10.9. The van der Waals surface area contributed by atoms with Crippen molar-refractivity contribution in [1.82, 2.24) is 14.8 Å². The predicted molar refractivity (Wildman–Crippen MR) is 86.0 cm³/mol. The fraction of sp³-hybridized carbons (Fsp3) is 0.625. The monoisotopic (exact) mass is 323 g/mol. The van der Waals surface area contributed by atoms with Gasteiger partial charge in [-0.1, -0.05) is 0 Å². The molecule has 1 saturated heterocycles. The molecule has 1 atom stereocenters. The molecule has 1 aromatic rings. The predicted octanol–water partition coefficient (Wildman–Crippen LogP) is 0.627. The Morgan fingerprint density at radius 1 is 1.39 bits per heavy atom. The number of likely N-dealkylation sites (N-methyl/N-ethyl adjacent to an activating group) is 1. The van der Waals surface area contributed by atoms with Gasteiger partial charge in [0.15, 0.2) is 0 Å². The van der Waals surface area contributed by atoms with Crippen LogP contribution in [0.1, 0.15) is 23.2 Å². The molecular weight excluding hydrogens is 298 g/mol. The first-order valence-electron chi connectivity index (χ1n) is 7.64. The lowest BCUT2D eigenvalue weighted by Crippen LogP contribution is -2.54. The molecule has 23 heavy (non-hydrogen) atoms. The van der Waals surface area contributed by atoms with Crippen molar-refractivity contribution in [2.75, 3.05) is 47.9 Å². The van der Waals surface area contributed by atoms with Crippen molar-refractivity contribution in [2.24, 2.45) is 0 Å². The number of rotatable bonds is 5. The number of likely N-dealkylation sites (tertiary alicyclic amines) is 1. The Labute approximate surface area is 136 Å². The fourth-order valence-corrected chi connectivity index (χ4v) is 3.03. The lowest BCUT2D eigenvalue weighted by molar-refractivity contribution is -0.0392. The maximum Gasteiger partial charge on any atom is 0.259 e. The molecule has 2 rings (SSSR count). The Bertz CT molecular complexity index is 564. The molecule has 1 fully saturated rings. The summed E-state index contributed by atoms with van der Waals surface area (Å²) in [5.41, 5.74) is -0.507. The molecule has 0 spiro atoms. The average Bonchev–Trinajstić information content (AvgIpc) is 2.52. The lowest BCUT2D eigenvalue weighted by Gasteiger charge is -2.40. The minimum Gasteiger partial charge on any atom is -0.481 e. The largest absolute Gasteiger partial charge is 0.481 e. The molecule has 1 N–H and O–H groups in total. The van der Waals surface area contributed by atoms with E-state index in [4.69, 9.17) is 9.47 Å². The van der Waals surface area contributed by atoms with E-state index in [9.17, 15) is 9.90 Å². The van der Waals surface area contributed by atoms with Gasteiger partial charge in [0.25, 0.3) is 5.91 Å². The molecule has 128 valence electrons. The Kier molecular flexibility index (Phi) is 5.43. The molecule has 0 radical (unpaired) electrons. The van der Waals surface area contributed by atoms with Crippen LogP contribution < -0.4 is 9.47 Å². The number of carbonyl (C=O) groups excluding carboxylic acids is 1. The third kappa shape index (κ3) is 4.11. The summed E-state index contributed by atoms with van der Waals surface area (Å²) in [6, 6.07) is 3.28. The van der Waals surface area contributed by atoms with E-state index in [1.54, 1.807) is 17.0 Å².